The lowest BCUT2D eigenvalue weighted by atomic mass is 10.2. The van der Waals surface area contributed by atoms with Gasteiger partial charge in [0.25, 0.3) is 0 Å². The molecule has 5 nitrogen and oxygen atoms in total. The summed E-state index contributed by atoms with van der Waals surface area (Å²) in [6, 6.07) is 9.64. The van der Waals surface area contributed by atoms with Crippen molar-refractivity contribution in [3.05, 3.63) is 35.9 Å². The van der Waals surface area contributed by atoms with E-state index < -0.39 is 0 Å². The molecule has 0 radical (unpaired) electrons. The zero-order valence-electron chi connectivity index (χ0n) is 11.0. The van der Waals surface area contributed by atoms with Gasteiger partial charge in [0.1, 0.15) is 5.37 Å². The smallest absolute Gasteiger partial charge is 0.241 e. The Bertz CT molecular complexity index is 530. The Morgan fingerprint density at radius 3 is 2.42 bits per heavy atom. The molecule has 0 aliphatic carbocycles. The maximum absolute atomic E-state index is 11.7. The van der Waals surface area contributed by atoms with Gasteiger partial charge in [-0.05, 0) is 5.56 Å². The number of carbonyl (C=O) groups is 2. The first-order valence-electron chi connectivity index (χ1n) is 5.85. The summed E-state index contributed by atoms with van der Waals surface area (Å²) in [5, 5.41) is 5.97. The van der Waals surface area contributed by atoms with E-state index in [-0.39, 0.29) is 17.2 Å². The number of rotatable bonds is 1. The number of amides is 2. The lowest BCUT2D eigenvalue weighted by molar-refractivity contribution is -0.129. The first kappa shape index (κ1) is 13.6. The number of amidine groups is 1. The van der Waals surface area contributed by atoms with E-state index in [9.17, 15) is 9.59 Å². The summed E-state index contributed by atoms with van der Waals surface area (Å²) in [5.41, 5.74) is 0.985. The molecule has 0 fully saturated rings. The minimum Gasteiger partial charge on any atom is -0.293 e. The summed E-state index contributed by atoms with van der Waals surface area (Å²) in [7, 11) is 1.65. The first-order chi connectivity index (χ1) is 9.00. The molecule has 0 spiro atoms. The van der Waals surface area contributed by atoms with Gasteiger partial charge in [0.05, 0.1) is 0 Å². The van der Waals surface area contributed by atoms with Crippen LogP contribution < -0.4 is 0 Å². The van der Waals surface area contributed by atoms with Crippen LogP contribution in [0.1, 0.15) is 24.8 Å². The number of hydrazone groups is 1. The first-order valence-corrected chi connectivity index (χ1v) is 6.73. The van der Waals surface area contributed by atoms with Gasteiger partial charge < -0.3 is 0 Å². The number of benzene rings is 1. The van der Waals surface area contributed by atoms with E-state index in [0.717, 1.165) is 5.56 Å². The highest BCUT2D eigenvalue weighted by molar-refractivity contribution is 8.14. The molecule has 1 heterocycles. The van der Waals surface area contributed by atoms with Gasteiger partial charge in [0.15, 0.2) is 5.17 Å². The second kappa shape index (κ2) is 5.44. The highest BCUT2D eigenvalue weighted by atomic mass is 32.2. The van der Waals surface area contributed by atoms with Crippen molar-refractivity contribution in [2.75, 3.05) is 7.05 Å². The van der Waals surface area contributed by atoms with Crippen LogP contribution in [0.25, 0.3) is 0 Å². The Labute approximate surface area is 116 Å². The third kappa shape index (κ3) is 2.78. The van der Waals surface area contributed by atoms with Gasteiger partial charge in [0.2, 0.25) is 11.8 Å². The maximum atomic E-state index is 11.7. The number of hydrogen-bond donors (Lipinski definition) is 0. The molecule has 6 heteroatoms. The van der Waals surface area contributed by atoms with Crippen LogP contribution in [0.3, 0.4) is 0 Å². The molecule has 0 N–H and O–H groups in total. The van der Waals surface area contributed by atoms with Crippen LogP contribution >= 0.6 is 11.8 Å². The van der Waals surface area contributed by atoms with Crippen molar-refractivity contribution in [1.82, 2.24) is 9.91 Å². The fraction of sp³-hybridized carbons (Fsp3) is 0.308. The Balaban J connectivity index is 2.29. The zero-order chi connectivity index (χ0) is 14.0. The van der Waals surface area contributed by atoms with Crippen LogP contribution in [-0.2, 0) is 9.59 Å². The predicted molar refractivity (Wildman–Crippen MR) is 75.2 cm³/mol. The number of hydrogen-bond acceptors (Lipinski definition) is 4. The largest absolute Gasteiger partial charge is 0.293 e. The third-order valence-corrected chi connectivity index (χ3v) is 4.06. The van der Waals surface area contributed by atoms with Crippen molar-refractivity contribution in [2.24, 2.45) is 5.10 Å². The van der Waals surface area contributed by atoms with Crippen molar-refractivity contribution < 1.29 is 9.59 Å². The highest BCUT2D eigenvalue weighted by Gasteiger charge is 2.33. The Morgan fingerprint density at radius 2 is 1.89 bits per heavy atom. The van der Waals surface area contributed by atoms with E-state index in [1.807, 2.05) is 30.3 Å². The van der Waals surface area contributed by atoms with E-state index in [0.29, 0.717) is 5.17 Å². The fourth-order valence-electron chi connectivity index (χ4n) is 1.66. The standard InChI is InChI=1S/C13H15N3O2S/c1-9(17)15(3)13-14-16(10(2)18)12(19-13)11-7-5-4-6-8-11/h4-8,12H,1-3H3. The molecule has 0 saturated heterocycles. The molecule has 1 aliphatic heterocycles. The minimum absolute atomic E-state index is 0.108. The molecule has 2 rings (SSSR count). The van der Waals surface area contributed by atoms with E-state index in [2.05, 4.69) is 5.10 Å². The van der Waals surface area contributed by atoms with Crippen LogP contribution in [0.5, 0.6) is 0 Å². The van der Waals surface area contributed by atoms with E-state index >= 15 is 0 Å². The SMILES string of the molecule is CC(=O)N(C)C1=NN(C(C)=O)C(c2ccccc2)S1. The maximum Gasteiger partial charge on any atom is 0.241 e. The van der Waals surface area contributed by atoms with Gasteiger partial charge in [-0.1, -0.05) is 42.1 Å². The van der Waals surface area contributed by atoms with E-state index in [1.54, 1.807) is 7.05 Å². The van der Waals surface area contributed by atoms with Gasteiger partial charge in [0, 0.05) is 20.9 Å². The summed E-state index contributed by atoms with van der Waals surface area (Å²) in [4.78, 5) is 24.5. The normalized spacial score (nSPS) is 18.2. The minimum atomic E-state index is -0.213. The lowest BCUT2D eigenvalue weighted by Gasteiger charge is -2.19. The molecule has 1 aromatic rings. The predicted octanol–water partition coefficient (Wildman–Crippen LogP) is 2.03. The molecule has 2 amide bonds. The topological polar surface area (TPSA) is 53.0 Å². The highest BCUT2D eigenvalue weighted by Crippen LogP contribution is 2.39. The second-order valence-corrected chi connectivity index (χ2v) is 5.25. The van der Waals surface area contributed by atoms with Crippen LogP contribution in [-0.4, -0.2) is 33.9 Å². The van der Waals surface area contributed by atoms with Gasteiger partial charge in [-0.3, -0.25) is 14.5 Å². The Kier molecular flexibility index (Phi) is 3.90. The lowest BCUT2D eigenvalue weighted by Crippen LogP contribution is -2.28. The molecule has 0 saturated carbocycles. The summed E-state index contributed by atoms with van der Waals surface area (Å²) >= 11 is 1.40. The quantitative estimate of drug-likeness (QED) is 0.789. The number of carbonyl (C=O) groups excluding carboxylic acids is 2. The van der Waals surface area contributed by atoms with Gasteiger partial charge in [-0.15, -0.1) is 5.10 Å². The van der Waals surface area contributed by atoms with Crippen molar-refractivity contribution in [3.63, 3.8) is 0 Å². The molecule has 0 aromatic heterocycles. The monoisotopic (exact) mass is 277 g/mol. The summed E-state index contributed by atoms with van der Waals surface area (Å²) in [6.45, 7) is 2.94. The molecule has 0 bridgehead atoms. The second-order valence-electron chi connectivity index (χ2n) is 4.21. The van der Waals surface area contributed by atoms with Crippen LogP contribution in [0.15, 0.2) is 35.4 Å². The summed E-state index contributed by atoms with van der Waals surface area (Å²) < 4.78 is 0. The molecule has 100 valence electrons. The third-order valence-electron chi connectivity index (χ3n) is 2.80. The van der Waals surface area contributed by atoms with E-state index in [1.165, 1.54) is 35.5 Å². The number of nitrogens with zero attached hydrogens (tertiary/aromatic N) is 3. The Morgan fingerprint density at radius 1 is 1.26 bits per heavy atom. The van der Waals surface area contributed by atoms with Gasteiger partial charge >= 0.3 is 0 Å². The average Bonchev–Trinajstić information content (AvgIpc) is 2.83. The molecule has 1 unspecified atom stereocenters. The average molecular weight is 277 g/mol. The zero-order valence-corrected chi connectivity index (χ0v) is 11.8. The molecular weight excluding hydrogens is 262 g/mol. The van der Waals surface area contributed by atoms with Crippen molar-refractivity contribution in [3.8, 4) is 0 Å². The van der Waals surface area contributed by atoms with Gasteiger partial charge in [-0.2, -0.15) is 0 Å². The summed E-state index contributed by atoms with van der Waals surface area (Å²) in [6.07, 6.45) is 0. The van der Waals surface area contributed by atoms with Crippen LogP contribution in [0.2, 0.25) is 0 Å². The number of thioether (sulfide) groups is 1. The molecule has 1 atom stereocenters. The van der Waals surface area contributed by atoms with Crippen LogP contribution in [0, 0.1) is 0 Å². The Hall–Kier alpha value is -1.82. The molecule has 19 heavy (non-hydrogen) atoms. The van der Waals surface area contributed by atoms with Crippen molar-refractivity contribution in [2.45, 2.75) is 19.2 Å². The molecule has 1 aliphatic rings. The molecular formula is C13H15N3O2S. The van der Waals surface area contributed by atoms with Crippen molar-refractivity contribution in [1.29, 1.82) is 0 Å². The van der Waals surface area contributed by atoms with E-state index in [4.69, 9.17) is 0 Å². The van der Waals surface area contributed by atoms with Crippen molar-refractivity contribution >= 4 is 28.7 Å². The fourth-order valence-corrected chi connectivity index (χ4v) is 2.87. The summed E-state index contributed by atoms with van der Waals surface area (Å²) in [5.74, 6) is -0.253. The van der Waals surface area contributed by atoms with Crippen LogP contribution in [0.4, 0.5) is 0 Å². The van der Waals surface area contributed by atoms with Gasteiger partial charge in [-0.25, -0.2) is 5.01 Å². The molecule has 1 aromatic carbocycles.